The Kier molecular flexibility index (Phi) is 3.54. The first-order chi connectivity index (χ1) is 9.19. The van der Waals surface area contributed by atoms with Crippen LogP contribution < -0.4 is 0 Å². The highest BCUT2D eigenvalue weighted by Gasteiger charge is 2.38. The van der Waals surface area contributed by atoms with E-state index in [1.54, 1.807) is 0 Å². The second-order valence-corrected chi connectivity index (χ2v) is 6.14. The number of alkyl halides is 3. The first-order valence-corrected chi connectivity index (χ1v) is 7.05. The van der Waals surface area contributed by atoms with Crippen LogP contribution in [0, 0.1) is 0 Å². The molecule has 2 aromatic heterocycles. The quantitative estimate of drug-likeness (QED) is 0.834. The zero-order chi connectivity index (χ0) is 15.0. The van der Waals surface area contributed by atoms with E-state index in [9.17, 15) is 21.6 Å². The average Bonchev–Trinajstić information content (AvgIpc) is 2.87. The summed E-state index contributed by atoms with van der Waals surface area (Å²) in [5.74, 6) is -1.22. The van der Waals surface area contributed by atoms with Crippen LogP contribution in [0.3, 0.4) is 0 Å². The summed E-state index contributed by atoms with van der Waals surface area (Å²) in [7, 11) is -2.32. The number of hydrogen-bond acceptors (Lipinski definition) is 6. The van der Waals surface area contributed by atoms with E-state index in [4.69, 9.17) is 0 Å². The van der Waals surface area contributed by atoms with Gasteiger partial charge in [0.05, 0.1) is 5.75 Å². The second kappa shape index (κ2) is 4.89. The molecule has 0 unspecified atom stereocenters. The van der Waals surface area contributed by atoms with Crippen molar-refractivity contribution in [2.75, 3.05) is 0 Å². The molecule has 0 amide bonds. The average molecular weight is 310 g/mol. The third kappa shape index (κ3) is 3.15. The molecule has 0 aliphatic carbocycles. The normalized spacial score (nSPS) is 12.8. The lowest BCUT2D eigenvalue weighted by Crippen LogP contribution is -2.15. The molecule has 0 fully saturated rings. The molecular formula is C9H9F3N4O3S. The van der Waals surface area contributed by atoms with Gasteiger partial charge in [0.2, 0.25) is 0 Å². The van der Waals surface area contributed by atoms with Crippen molar-refractivity contribution >= 4 is 9.84 Å². The van der Waals surface area contributed by atoms with Gasteiger partial charge in [-0.3, -0.25) is 0 Å². The van der Waals surface area contributed by atoms with E-state index in [1.165, 1.54) is 17.9 Å². The molecule has 0 aromatic carbocycles. The summed E-state index contributed by atoms with van der Waals surface area (Å²) in [6.07, 6.45) is -2.79. The molecular weight excluding hydrogens is 301 g/mol. The Balaban J connectivity index is 2.22. The maximum absolute atomic E-state index is 12.6. The summed E-state index contributed by atoms with van der Waals surface area (Å²) >= 11 is 0. The summed E-state index contributed by atoms with van der Waals surface area (Å²) in [5.41, 5.74) is -1.86. The molecule has 2 aromatic rings. The lowest BCUT2D eigenvalue weighted by Gasteiger charge is -2.06. The molecule has 0 atom stereocenters. The van der Waals surface area contributed by atoms with Crippen molar-refractivity contribution in [3.8, 4) is 0 Å². The maximum atomic E-state index is 12.6. The van der Waals surface area contributed by atoms with Gasteiger partial charge in [0.1, 0.15) is 24.2 Å². The van der Waals surface area contributed by atoms with Gasteiger partial charge < -0.3 is 9.09 Å². The molecule has 0 aliphatic heterocycles. The third-order valence-corrected chi connectivity index (χ3v) is 3.89. The smallest absolute Gasteiger partial charge is 0.364 e. The fourth-order valence-corrected chi connectivity index (χ4v) is 2.95. The number of rotatable bonds is 4. The third-order valence-electron chi connectivity index (χ3n) is 2.44. The molecule has 110 valence electrons. The van der Waals surface area contributed by atoms with Crippen molar-refractivity contribution in [1.82, 2.24) is 19.9 Å². The number of nitrogens with zero attached hydrogens (tertiary/aromatic N) is 4. The van der Waals surface area contributed by atoms with Crippen LogP contribution >= 0.6 is 0 Å². The summed E-state index contributed by atoms with van der Waals surface area (Å²) in [4.78, 5) is 0. The van der Waals surface area contributed by atoms with Crippen molar-refractivity contribution in [2.24, 2.45) is 7.05 Å². The number of hydrogen-bond donors (Lipinski definition) is 0. The van der Waals surface area contributed by atoms with Gasteiger partial charge in [-0.05, 0) is 0 Å². The van der Waals surface area contributed by atoms with Crippen molar-refractivity contribution in [3.63, 3.8) is 0 Å². The molecule has 7 nitrogen and oxygen atoms in total. The van der Waals surface area contributed by atoms with E-state index < -0.39 is 38.8 Å². The second-order valence-electron chi connectivity index (χ2n) is 4.08. The van der Waals surface area contributed by atoms with Crippen LogP contribution in [-0.4, -0.2) is 28.3 Å². The van der Waals surface area contributed by atoms with Crippen LogP contribution in [0.5, 0.6) is 0 Å². The molecule has 0 bridgehead atoms. The van der Waals surface area contributed by atoms with Gasteiger partial charge in [-0.2, -0.15) is 13.2 Å². The molecule has 0 spiro atoms. The lowest BCUT2D eigenvalue weighted by atomic mass is 10.3. The van der Waals surface area contributed by atoms with Gasteiger partial charge in [0.25, 0.3) is 0 Å². The topological polar surface area (TPSA) is 90.9 Å². The predicted molar refractivity (Wildman–Crippen MR) is 58.8 cm³/mol. The Morgan fingerprint density at radius 1 is 1.35 bits per heavy atom. The minimum Gasteiger partial charge on any atom is -0.364 e. The van der Waals surface area contributed by atoms with Gasteiger partial charge in [0.15, 0.2) is 15.5 Å². The molecule has 11 heteroatoms. The minimum atomic E-state index is -4.76. The van der Waals surface area contributed by atoms with Crippen LogP contribution in [0.1, 0.15) is 17.1 Å². The zero-order valence-electron chi connectivity index (χ0n) is 10.1. The standard InChI is InChI=1S/C9H9F3N4O3S/c1-16-5-13-14-7(16)4-20(17,18)3-6-2-19-15-8(6)9(10,11)12/h2,5H,3-4H2,1H3. The van der Waals surface area contributed by atoms with E-state index in [-0.39, 0.29) is 5.82 Å². The summed E-state index contributed by atoms with van der Waals surface area (Å²) in [5, 5.41) is 9.86. The molecule has 0 aliphatic rings. The molecule has 0 saturated carbocycles. The fourth-order valence-electron chi connectivity index (χ4n) is 1.52. The Hall–Kier alpha value is -1.91. The Labute approximate surface area is 111 Å². The minimum absolute atomic E-state index is 0.134. The van der Waals surface area contributed by atoms with Crippen LogP contribution in [0.15, 0.2) is 17.1 Å². The number of sulfone groups is 1. The van der Waals surface area contributed by atoms with Crippen LogP contribution in [0.2, 0.25) is 0 Å². The molecule has 20 heavy (non-hydrogen) atoms. The van der Waals surface area contributed by atoms with Gasteiger partial charge in [0, 0.05) is 12.6 Å². The predicted octanol–water partition coefficient (Wildman–Crippen LogP) is 0.937. The van der Waals surface area contributed by atoms with E-state index in [0.29, 0.717) is 6.26 Å². The van der Waals surface area contributed by atoms with Crippen LogP contribution in [0.4, 0.5) is 13.2 Å². The SMILES string of the molecule is Cn1cnnc1CS(=O)(=O)Cc1conc1C(F)(F)F. The Bertz CT molecular complexity index is 704. The van der Waals surface area contributed by atoms with E-state index >= 15 is 0 Å². The van der Waals surface area contributed by atoms with E-state index in [1.807, 2.05) is 0 Å². The number of aromatic nitrogens is 4. The summed E-state index contributed by atoms with van der Waals surface area (Å²) in [6, 6.07) is 0. The molecule has 0 N–H and O–H groups in total. The summed E-state index contributed by atoms with van der Waals surface area (Å²) in [6.45, 7) is 0. The van der Waals surface area contributed by atoms with Crippen LogP contribution in [-0.2, 0) is 34.6 Å². The number of aryl methyl sites for hydroxylation is 1. The number of halogens is 3. The van der Waals surface area contributed by atoms with Crippen molar-refractivity contribution in [2.45, 2.75) is 17.7 Å². The van der Waals surface area contributed by atoms with Gasteiger partial charge in [-0.1, -0.05) is 5.16 Å². The first-order valence-electron chi connectivity index (χ1n) is 5.23. The van der Waals surface area contributed by atoms with Crippen molar-refractivity contribution in [1.29, 1.82) is 0 Å². The highest BCUT2D eigenvalue weighted by atomic mass is 32.2. The van der Waals surface area contributed by atoms with Gasteiger partial charge in [-0.25, -0.2) is 8.42 Å². The Morgan fingerprint density at radius 3 is 2.60 bits per heavy atom. The van der Waals surface area contributed by atoms with E-state index in [0.717, 1.165) is 0 Å². The zero-order valence-corrected chi connectivity index (χ0v) is 10.9. The largest absolute Gasteiger partial charge is 0.437 e. The van der Waals surface area contributed by atoms with Crippen LogP contribution in [0.25, 0.3) is 0 Å². The highest BCUT2D eigenvalue weighted by molar-refractivity contribution is 7.89. The fraction of sp³-hybridized carbons (Fsp3) is 0.444. The van der Waals surface area contributed by atoms with Crippen molar-refractivity contribution < 1.29 is 26.1 Å². The molecule has 2 rings (SSSR count). The molecule has 0 radical (unpaired) electrons. The van der Waals surface area contributed by atoms with E-state index in [2.05, 4.69) is 19.9 Å². The van der Waals surface area contributed by atoms with Gasteiger partial charge >= 0.3 is 6.18 Å². The summed E-state index contributed by atoms with van der Waals surface area (Å²) < 4.78 is 67.0. The molecule has 2 heterocycles. The first kappa shape index (κ1) is 14.5. The van der Waals surface area contributed by atoms with Crippen molar-refractivity contribution in [3.05, 3.63) is 29.7 Å². The Morgan fingerprint density at radius 2 is 2.05 bits per heavy atom. The monoisotopic (exact) mass is 310 g/mol. The maximum Gasteiger partial charge on any atom is 0.437 e. The lowest BCUT2D eigenvalue weighted by molar-refractivity contribution is -0.143. The molecule has 0 saturated heterocycles. The highest BCUT2D eigenvalue weighted by Crippen LogP contribution is 2.31. The van der Waals surface area contributed by atoms with Gasteiger partial charge in [-0.15, -0.1) is 10.2 Å².